The average Bonchev–Trinajstić information content (AvgIpc) is 3.18. The zero-order chi connectivity index (χ0) is 14.0. The van der Waals surface area contributed by atoms with Crippen LogP contribution in [0.5, 0.6) is 0 Å². The van der Waals surface area contributed by atoms with E-state index in [0.717, 1.165) is 12.0 Å². The standard InChI is InChI=1S/C15H28N2O2/c1-4-19-14(18)15(3,16)9-11(2)17(13-7-8-13)10-12-5-6-12/h11-13H,4-10,16H2,1-3H3. The monoisotopic (exact) mass is 268 g/mol. The Hall–Kier alpha value is -0.610. The van der Waals surface area contributed by atoms with Crippen molar-refractivity contribution in [3.8, 4) is 0 Å². The van der Waals surface area contributed by atoms with Crippen LogP contribution in [0.3, 0.4) is 0 Å². The minimum Gasteiger partial charge on any atom is -0.465 e. The van der Waals surface area contributed by atoms with E-state index in [9.17, 15) is 4.79 Å². The van der Waals surface area contributed by atoms with Crippen LogP contribution in [0.4, 0.5) is 0 Å². The predicted octanol–water partition coefficient (Wildman–Crippen LogP) is 1.92. The molecule has 4 heteroatoms. The molecular formula is C15H28N2O2. The van der Waals surface area contributed by atoms with Crippen LogP contribution in [0.15, 0.2) is 0 Å². The molecule has 0 aliphatic heterocycles. The number of nitrogens with zero attached hydrogens (tertiary/aromatic N) is 1. The third-order valence-electron chi connectivity index (χ3n) is 4.21. The highest BCUT2D eigenvalue weighted by atomic mass is 16.5. The van der Waals surface area contributed by atoms with Crippen LogP contribution in [0, 0.1) is 5.92 Å². The lowest BCUT2D eigenvalue weighted by atomic mass is 9.94. The molecule has 4 nitrogen and oxygen atoms in total. The molecule has 2 unspecified atom stereocenters. The summed E-state index contributed by atoms with van der Waals surface area (Å²) in [5.74, 6) is 0.610. The van der Waals surface area contributed by atoms with Gasteiger partial charge in [-0.05, 0) is 58.8 Å². The Bertz CT molecular complexity index is 322. The first kappa shape index (κ1) is 14.8. The summed E-state index contributed by atoms with van der Waals surface area (Å²) in [4.78, 5) is 14.4. The van der Waals surface area contributed by atoms with E-state index in [-0.39, 0.29) is 5.97 Å². The van der Waals surface area contributed by atoms with E-state index in [4.69, 9.17) is 10.5 Å². The normalized spacial score (nSPS) is 24.1. The topological polar surface area (TPSA) is 55.6 Å². The molecule has 0 aromatic heterocycles. The van der Waals surface area contributed by atoms with E-state index >= 15 is 0 Å². The first-order valence-electron chi connectivity index (χ1n) is 7.66. The quantitative estimate of drug-likeness (QED) is 0.683. The minimum absolute atomic E-state index is 0.274. The highest BCUT2D eigenvalue weighted by Gasteiger charge is 2.40. The fourth-order valence-electron chi connectivity index (χ4n) is 2.80. The Morgan fingerprint density at radius 3 is 2.53 bits per heavy atom. The van der Waals surface area contributed by atoms with E-state index < -0.39 is 5.54 Å². The van der Waals surface area contributed by atoms with Gasteiger partial charge in [-0.15, -0.1) is 0 Å². The van der Waals surface area contributed by atoms with Gasteiger partial charge < -0.3 is 10.5 Å². The fourth-order valence-corrected chi connectivity index (χ4v) is 2.80. The van der Waals surface area contributed by atoms with Crippen LogP contribution in [0.2, 0.25) is 0 Å². The molecule has 0 amide bonds. The molecule has 2 rings (SSSR count). The summed E-state index contributed by atoms with van der Waals surface area (Å²) in [6.45, 7) is 7.40. The minimum atomic E-state index is -0.869. The molecule has 2 N–H and O–H groups in total. The summed E-state index contributed by atoms with van der Waals surface area (Å²) in [5.41, 5.74) is 5.28. The van der Waals surface area contributed by atoms with Crippen LogP contribution in [0.1, 0.15) is 52.9 Å². The van der Waals surface area contributed by atoms with Gasteiger partial charge in [0.15, 0.2) is 0 Å². The molecule has 2 saturated carbocycles. The van der Waals surface area contributed by atoms with Crippen LogP contribution in [0.25, 0.3) is 0 Å². The summed E-state index contributed by atoms with van der Waals surface area (Å²) >= 11 is 0. The smallest absolute Gasteiger partial charge is 0.325 e. The van der Waals surface area contributed by atoms with E-state index in [1.165, 1.54) is 32.2 Å². The Kier molecular flexibility index (Phi) is 4.51. The van der Waals surface area contributed by atoms with E-state index in [1.54, 1.807) is 6.92 Å². The molecule has 0 bridgehead atoms. The van der Waals surface area contributed by atoms with E-state index in [1.807, 2.05) is 6.92 Å². The van der Waals surface area contributed by atoms with Gasteiger partial charge >= 0.3 is 5.97 Å². The molecular weight excluding hydrogens is 240 g/mol. The van der Waals surface area contributed by atoms with Crippen molar-refractivity contribution in [1.29, 1.82) is 0 Å². The van der Waals surface area contributed by atoms with Gasteiger partial charge in [0, 0.05) is 18.6 Å². The molecule has 0 radical (unpaired) electrons. The highest BCUT2D eigenvalue weighted by molar-refractivity contribution is 5.80. The molecule has 0 aromatic carbocycles. The second kappa shape index (κ2) is 5.80. The van der Waals surface area contributed by atoms with Crippen molar-refractivity contribution < 1.29 is 9.53 Å². The second-order valence-corrected chi connectivity index (χ2v) is 6.56. The highest BCUT2D eigenvalue weighted by Crippen LogP contribution is 2.37. The third kappa shape index (κ3) is 4.18. The van der Waals surface area contributed by atoms with Gasteiger partial charge in [-0.1, -0.05) is 0 Å². The lowest BCUT2D eigenvalue weighted by Gasteiger charge is -2.34. The molecule has 0 heterocycles. The summed E-state index contributed by atoms with van der Waals surface area (Å²) in [7, 11) is 0. The fraction of sp³-hybridized carbons (Fsp3) is 0.933. The van der Waals surface area contributed by atoms with Crippen molar-refractivity contribution in [2.45, 2.75) is 70.5 Å². The van der Waals surface area contributed by atoms with Crippen molar-refractivity contribution in [2.75, 3.05) is 13.2 Å². The summed E-state index contributed by atoms with van der Waals surface area (Å²) in [6.07, 6.45) is 6.02. The second-order valence-electron chi connectivity index (χ2n) is 6.56. The number of hydrogen-bond acceptors (Lipinski definition) is 4. The van der Waals surface area contributed by atoms with Gasteiger partial charge in [0.25, 0.3) is 0 Å². The SMILES string of the molecule is CCOC(=O)C(C)(N)CC(C)N(CC1CC1)C1CC1. The summed E-state index contributed by atoms with van der Waals surface area (Å²) in [6, 6.07) is 1.08. The Morgan fingerprint density at radius 1 is 1.42 bits per heavy atom. The molecule has 110 valence electrons. The molecule has 0 saturated heterocycles. The first-order chi connectivity index (χ1) is 8.94. The van der Waals surface area contributed by atoms with E-state index in [0.29, 0.717) is 19.1 Å². The van der Waals surface area contributed by atoms with Crippen molar-refractivity contribution in [1.82, 2.24) is 4.90 Å². The maximum atomic E-state index is 11.9. The van der Waals surface area contributed by atoms with Gasteiger partial charge in [0.05, 0.1) is 6.61 Å². The van der Waals surface area contributed by atoms with Gasteiger partial charge in [-0.25, -0.2) is 0 Å². The van der Waals surface area contributed by atoms with E-state index in [2.05, 4.69) is 11.8 Å². The Labute approximate surface area is 116 Å². The number of rotatable bonds is 8. The lowest BCUT2D eigenvalue weighted by Crippen LogP contribution is -2.51. The molecule has 2 atom stereocenters. The lowest BCUT2D eigenvalue weighted by molar-refractivity contribution is -0.149. The summed E-state index contributed by atoms with van der Waals surface area (Å²) in [5, 5.41) is 0. The Morgan fingerprint density at radius 2 is 2.05 bits per heavy atom. The zero-order valence-electron chi connectivity index (χ0n) is 12.5. The van der Waals surface area contributed by atoms with Gasteiger partial charge in [0.2, 0.25) is 0 Å². The van der Waals surface area contributed by atoms with Crippen molar-refractivity contribution in [3.63, 3.8) is 0 Å². The molecule has 2 aliphatic carbocycles. The van der Waals surface area contributed by atoms with Crippen LogP contribution in [-0.2, 0) is 9.53 Å². The maximum Gasteiger partial charge on any atom is 0.325 e. The molecule has 2 aliphatic rings. The van der Waals surface area contributed by atoms with Crippen LogP contribution >= 0.6 is 0 Å². The number of ether oxygens (including phenoxy) is 1. The van der Waals surface area contributed by atoms with Crippen molar-refractivity contribution in [2.24, 2.45) is 11.7 Å². The molecule has 2 fully saturated rings. The van der Waals surface area contributed by atoms with Gasteiger partial charge in [0.1, 0.15) is 5.54 Å². The number of carbonyl (C=O) groups is 1. The van der Waals surface area contributed by atoms with Crippen LogP contribution < -0.4 is 5.73 Å². The predicted molar refractivity (Wildman–Crippen MR) is 75.8 cm³/mol. The molecule has 0 spiro atoms. The zero-order valence-corrected chi connectivity index (χ0v) is 12.5. The molecule has 19 heavy (non-hydrogen) atoms. The summed E-state index contributed by atoms with van der Waals surface area (Å²) < 4.78 is 5.07. The number of nitrogens with two attached hydrogens (primary N) is 1. The largest absolute Gasteiger partial charge is 0.465 e. The number of hydrogen-bond donors (Lipinski definition) is 1. The van der Waals surface area contributed by atoms with Gasteiger partial charge in [-0.3, -0.25) is 9.69 Å². The number of esters is 1. The van der Waals surface area contributed by atoms with Crippen molar-refractivity contribution >= 4 is 5.97 Å². The maximum absolute atomic E-state index is 11.9. The molecule has 0 aromatic rings. The third-order valence-corrected chi connectivity index (χ3v) is 4.21. The number of carbonyl (C=O) groups excluding carboxylic acids is 1. The van der Waals surface area contributed by atoms with Crippen LogP contribution in [-0.4, -0.2) is 41.6 Å². The van der Waals surface area contributed by atoms with Gasteiger partial charge in [-0.2, -0.15) is 0 Å². The Balaban J connectivity index is 1.89. The average molecular weight is 268 g/mol. The van der Waals surface area contributed by atoms with Crippen molar-refractivity contribution in [3.05, 3.63) is 0 Å². The first-order valence-corrected chi connectivity index (χ1v) is 7.66.